The SMILES string of the molecule is CCN(Cc1ccccc1)C(=O)C[NH+]1CCN(S(=O)(=O)c2ccc(F)cc2)CC1. The van der Waals surface area contributed by atoms with E-state index in [4.69, 9.17) is 0 Å². The highest BCUT2D eigenvalue weighted by molar-refractivity contribution is 7.89. The average Bonchev–Trinajstić information content (AvgIpc) is 2.73. The number of nitrogens with one attached hydrogen (secondary N) is 1. The van der Waals surface area contributed by atoms with E-state index in [9.17, 15) is 17.6 Å². The lowest BCUT2D eigenvalue weighted by molar-refractivity contribution is -0.896. The van der Waals surface area contributed by atoms with Crippen LogP contribution in [-0.4, -0.2) is 62.8 Å². The first-order chi connectivity index (χ1) is 13.9. The van der Waals surface area contributed by atoms with Gasteiger partial charge in [-0.3, -0.25) is 4.79 Å². The lowest BCUT2D eigenvalue weighted by Crippen LogP contribution is -3.15. The first-order valence-electron chi connectivity index (χ1n) is 9.81. The highest BCUT2D eigenvalue weighted by Crippen LogP contribution is 2.16. The predicted molar refractivity (Wildman–Crippen MR) is 108 cm³/mol. The molecule has 2 aromatic rings. The van der Waals surface area contributed by atoms with Crippen LogP contribution in [0, 0.1) is 5.82 Å². The van der Waals surface area contributed by atoms with Gasteiger partial charge in [-0.05, 0) is 36.8 Å². The summed E-state index contributed by atoms with van der Waals surface area (Å²) in [6.07, 6.45) is 0. The molecular formula is C21H27FN3O3S+. The first kappa shape index (κ1) is 21.4. The molecule has 156 valence electrons. The fourth-order valence-corrected chi connectivity index (χ4v) is 4.92. The Morgan fingerprint density at radius 1 is 1.07 bits per heavy atom. The van der Waals surface area contributed by atoms with Gasteiger partial charge in [-0.2, -0.15) is 4.31 Å². The molecular weight excluding hydrogens is 393 g/mol. The maximum Gasteiger partial charge on any atom is 0.278 e. The molecule has 1 aliphatic heterocycles. The first-order valence-corrected chi connectivity index (χ1v) is 11.2. The Morgan fingerprint density at radius 2 is 1.69 bits per heavy atom. The molecule has 0 radical (unpaired) electrons. The number of hydrogen-bond acceptors (Lipinski definition) is 3. The molecule has 0 aliphatic carbocycles. The second-order valence-corrected chi connectivity index (χ2v) is 9.12. The van der Waals surface area contributed by atoms with Crippen molar-refractivity contribution in [3.05, 3.63) is 66.0 Å². The standard InChI is InChI=1S/C21H26FN3O3S/c1-2-24(16-18-6-4-3-5-7-18)21(26)17-23-12-14-25(15-13-23)29(27,28)20-10-8-19(22)9-11-20/h3-11H,2,12-17H2,1H3/p+1. The number of sulfonamides is 1. The van der Waals surface area contributed by atoms with Gasteiger partial charge in [0.1, 0.15) is 5.82 Å². The largest absolute Gasteiger partial charge is 0.334 e. The van der Waals surface area contributed by atoms with Crippen LogP contribution in [0.25, 0.3) is 0 Å². The van der Waals surface area contributed by atoms with Crippen molar-refractivity contribution in [2.45, 2.75) is 18.4 Å². The summed E-state index contributed by atoms with van der Waals surface area (Å²) >= 11 is 0. The molecule has 2 aromatic carbocycles. The molecule has 1 aliphatic rings. The summed E-state index contributed by atoms with van der Waals surface area (Å²) < 4.78 is 39.9. The Bertz CT molecular complexity index is 912. The Balaban J connectivity index is 1.54. The number of amides is 1. The van der Waals surface area contributed by atoms with Crippen molar-refractivity contribution in [3.8, 4) is 0 Å². The second-order valence-electron chi connectivity index (χ2n) is 7.18. The van der Waals surface area contributed by atoms with Crippen LogP contribution in [-0.2, 0) is 21.4 Å². The van der Waals surface area contributed by atoms with Gasteiger partial charge in [0.05, 0.1) is 31.1 Å². The van der Waals surface area contributed by atoms with Crippen LogP contribution in [0.2, 0.25) is 0 Å². The van der Waals surface area contributed by atoms with E-state index in [1.54, 1.807) is 0 Å². The highest BCUT2D eigenvalue weighted by atomic mass is 32.2. The third-order valence-corrected chi connectivity index (χ3v) is 7.15. The van der Waals surface area contributed by atoms with Crippen molar-refractivity contribution in [2.75, 3.05) is 39.3 Å². The molecule has 3 rings (SSSR count). The van der Waals surface area contributed by atoms with Crippen LogP contribution in [0.5, 0.6) is 0 Å². The zero-order valence-electron chi connectivity index (χ0n) is 16.6. The smallest absolute Gasteiger partial charge is 0.278 e. The van der Waals surface area contributed by atoms with Gasteiger partial charge in [-0.15, -0.1) is 0 Å². The van der Waals surface area contributed by atoms with Crippen molar-refractivity contribution >= 4 is 15.9 Å². The summed E-state index contributed by atoms with van der Waals surface area (Å²) in [5, 5.41) is 0. The third kappa shape index (κ3) is 5.41. The van der Waals surface area contributed by atoms with E-state index in [-0.39, 0.29) is 10.8 Å². The molecule has 1 amide bonds. The molecule has 1 fully saturated rings. The maximum atomic E-state index is 13.1. The van der Waals surface area contributed by atoms with Gasteiger partial charge in [0.25, 0.3) is 5.91 Å². The molecule has 0 bridgehead atoms. The minimum atomic E-state index is -3.63. The number of nitrogens with zero attached hydrogens (tertiary/aromatic N) is 2. The molecule has 1 saturated heterocycles. The molecule has 0 unspecified atom stereocenters. The third-order valence-electron chi connectivity index (χ3n) is 5.23. The van der Waals surface area contributed by atoms with Crippen molar-refractivity contribution in [3.63, 3.8) is 0 Å². The highest BCUT2D eigenvalue weighted by Gasteiger charge is 2.31. The van der Waals surface area contributed by atoms with Gasteiger partial charge in [0.15, 0.2) is 6.54 Å². The Labute approximate surface area is 171 Å². The number of piperazine rings is 1. The predicted octanol–water partition coefficient (Wildman–Crippen LogP) is 0.764. The zero-order chi connectivity index (χ0) is 20.9. The second kappa shape index (κ2) is 9.47. The van der Waals surface area contributed by atoms with Gasteiger partial charge in [-0.1, -0.05) is 30.3 Å². The minimum Gasteiger partial charge on any atom is -0.334 e. The number of benzene rings is 2. The molecule has 29 heavy (non-hydrogen) atoms. The summed E-state index contributed by atoms with van der Waals surface area (Å²) in [4.78, 5) is 15.7. The van der Waals surface area contributed by atoms with Crippen molar-refractivity contribution in [2.24, 2.45) is 0 Å². The van der Waals surface area contributed by atoms with Crippen molar-refractivity contribution in [1.29, 1.82) is 0 Å². The van der Waals surface area contributed by atoms with E-state index in [1.165, 1.54) is 16.4 Å². The van der Waals surface area contributed by atoms with Crippen LogP contribution < -0.4 is 4.90 Å². The maximum absolute atomic E-state index is 13.1. The summed E-state index contributed by atoms with van der Waals surface area (Å²) in [6.45, 7) is 5.33. The van der Waals surface area contributed by atoms with E-state index < -0.39 is 15.8 Å². The van der Waals surface area contributed by atoms with Crippen LogP contribution in [0.3, 0.4) is 0 Å². The minimum absolute atomic E-state index is 0.0706. The van der Waals surface area contributed by atoms with Crippen molar-refractivity contribution in [1.82, 2.24) is 9.21 Å². The van der Waals surface area contributed by atoms with Gasteiger partial charge in [0.2, 0.25) is 10.0 Å². The van der Waals surface area contributed by atoms with Gasteiger partial charge in [-0.25, -0.2) is 12.8 Å². The van der Waals surface area contributed by atoms with Crippen molar-refractivity contribution < 1.29 is 22.5 Å². The number of quaternary nitrogens is 1. The molecule has 1 heterocycles. The quantitative estimate of drug-likeness (QED) is 0.720. The number of likely N-dealkylation sites (N-methyl/N-ethyl adjacent to an activating group) is 1. The number of carbonyl (C=O) groups excluding carboxylic acids is 1. The topological polar surface area (TPSA) is 62.1 Å². The molecule has 8 heteroatoms. The number of hydrogen-bond donors (Lipinski definition) is 1. The Kier molecular flexibility index (Phi) is 7.00. The van der Waals surface area contributed by atoms with Gasteiger partial charge < -0.3 is 9.80 Å². The lowest BCUT2D eigenvalue weighted by Gasteiger charge is -2.32. The summed E-state index contributed by atoms with van der Waals surface area (Å²) in [6, 6.07) is 14.7. The summed E-state index contributed by atoms with van der Waals surface area (Å²) in [7, 11) is -3.63. The fourth-order valence-electron chi connectivity index (χ4n) is 3.48. The number of halogens is 1. The molecule has 0 spiro atoms. The van der Waals surface area contributed by atoms with Crippen LogP contribution in [0.1, 0.15) is 12.5 Å². The van der Waals surface area contributed by atoms with Gasteiger partial charge >= 0.3 is 0 Å². The van der Waals surface area contributed by atoms with E-state index >= 15 is 0 Å². The molecule has 6 nitrogen and oxygen atoms in total. The number of rotatable bonds is 7. The van der Waals surface area contributed by atoms with E-state index in [0.29, 0.717) is 45.8 Å². The molecule has 1 N–H and O–H groups in total. The Morgan fingerprint density at radius 3 is 2.28 bits per heavy atom. The fraction of sp³-hybridized carbons (Fsp3) is 0.381. The molecule has 0 aromatic heterocycles. The number of carbonyl (C=O) groups is 1. The normalized spacial score (nSPS) is 15.9. The van der Waals surface area contributed by atoms with E-state index in [1.807, 2.05) is 42.2 Å². The van der Waals surface area contributed by atoms with Gasteiger partial charge in [0, 0.05) is 13.1 Å². The van der Waals surface area contributed by atoms with Crippen LogP contribution >= 0.6 is 0 Å². The lowest BCUT2D eigenvalue weighted by atomic mass is 10.2. The molecule has 0 atom stereocenters. The monoisotopic (exact) mass is 420 g/mol. The summed E-state index contributed by atoms with van der Waals surface area (Å²) in [5.41, 5.74) is 1.09. The van der Waals surface area contributed by atoms with E-state index in [2.05, 4.69) is 0 Å². The van der Waals surface area contributed by atoms with Crippen LogP contribution in [0.4, 0.5) is 4.39 Å². The average molecular weight is 421 g/mol. The molecule has 0 saturated carbocycles. The van der Waals surface area contributed by atoms with E-state index in [0.717, 1.165) is 22.6 Å². The summed E-state index contributed by atoms with van der Waals surface area (Å²) in [5.74, 6) is -0.395. The van der Waals surface area contributed by atoms with Crippen LogP contribution in [0.15, 0.2) is 59.5 Å². The zero-order valence-corrected chi connectivity index (χ0v) is 17.4. The Hall–Kier alpha value is -2.29.